The van der Waals surface area contributed by atoms with E-state index in [1.807, 2.05) is 50.3 Å². The highest BCUT2D eigenvalue weighted by Gasteiger charge is 2.05. The van der Waals surface area contributed by atoms with Crippen LogP contribution in [0.2, 0.25) is 0 Å². The van der Waals surface area contributed by atoms with E-state index in [-0.39, 0.29) is 0 Å². The van der Waals surface area contributed by atoms with Gasteiger partial charge in [0.15, 0.2) is 0 Å². The van der Waals surface area contributed by atoms with Gasteiger partial charge in [0.25, 0.3) is 0 Å². The first kappa shape index (κ1) is 15.8. The highest BCUT2D eigenvalue weighted by molar-refractivity contribution is 5.45. The molecule has 106 valence electrons. The summed E-state index contributed by atoms with van der Waals surface area (Å²) < 4.78 is 11.4. The van der Waals surface area contributed by atoms with Crippen LogP contribution in [0.4, 0.5) is 0 Å². The van der Waals surface area contributed by atoms with Gasteiger partial charge < -0.3 is 9.47 Å². The molecular formula is C18H22O2. The second-order valence-corrected chi connectivity index (χ2v) is 4.33. The molecule has 20 heavy (non-hydrogen) atoms. The van der Waals surface area contributed by atoms with Crippen LogP contribution in [-0.2, 0) is 0 Å². The molecular weight excluding hydrogens is 248 g/mol. The fraction of sp³-hybridized carbons (Fsp3) is 0.222. The van der Waals surface area contributed by atoms with Crippen molar-refractivity contribution >= 4 is 0 Å². The Bertz CT molecular complexity index is 463. The Morgan fingerprint density at radius 3 is 1.60 bits per heavy atom. The predicted octanol–water partition coefficient (Wildman–Crippen LogP) is 4.55. The average molecular weight is 270 g/mol. The van der Waals surface area contributed by atoms with Crippen molar-refractivity contribution in [3.05, 3.63) is 72.9 Å². The van der Waals surface area contributed by atoms with E-state index in [0.717, 1.165) is 22.6 Å². The molecule has 2 heteroatoms. The fourth-order valence-electron chi connectivity index (χ4n) is 1.65. The molecule has 0 amide bonds. The van der Waals surface area contributed by atoms with Gasteiger partial charge in [0.2, 0.25) is 0 Å². The lowest BCUT2D eigenvalue weighted by Gasteiger charge is -2.12. The number of hydrogen-bond donors (Lipinski definition) is 0. The maximum Gasteiger partial charge on any atom is 0.123 e. The second kappa shape index (κ2) is 8.81. The predicted molar refractivity (Wildman–Crippen MR) is 85.6 cm³/mol. The molecule has 0 aliphatic carbocycles. The zero-order valence-electron chi connectivity index (χ0n) is 12.3. The number of benzene rings is 1. The number of ether oxygens (including phenoxy) is 2. The summed E-state index contributed by atoms with van der Waals surface area (Å²) in [4.78, 5) is 0. The van der Waals surface area contributed by atoms with Gasteiger partial charge in [-0.2, -0.15) is 0 Å². The Morgan fingerprint density at radius 2 is 1.25 bits per heavy atom. The Hall–Kier alpha value is -2.22. The van der Waals surface area contributed by atoms with Gasteiger partial charge in [0.1, 0.15) is 24.7 Å². The van der Waals surface area contributed by atoms with Crippen LogP contribution < -0.4 is 9.47 Å². The van der Waals surface area contributed by atoms with Crippen molar-refractivity contribution in [3.8, 4) is 11.5 Å². The normalized spacial score (nSPS) is 10.9. The Labute approximate surface area is 121 Å². The van der Waals surface area contributed by atoms with E-state index in [4.69, 9.17) is 9.47 Å². The highest BCUT2D eigenvalue weighted by Crippen LogP contribution is 2.28. The van der Waals surface area contributed by atoms with Crippen LogP contribution in [0.15, 0.2) is 61.7 Å². The van der Waals surface area contributed by atoms with Gasteiger partial charge in [-0.3, -0.25) is 0 Å². The third-order valence-electron chi connectivity index (χ3n) is 2.69. The van der Waals surface area contributed by atoms with Gasteiger partial charge in [0.05, 0.1) is 0 Å². The zero-order valence-corrected chi connectivity index (χ0v) is 12.3. The zero-order chi connectivity index (χ0) is 14.8. The first-order valence-electron chi connectivity index (χ1n) is 6.61. The van der Waals surface area contributed by atoms with Crippen LogP contribution >= 0.6 is 0 Å². The average Bonchev–Trinajstić information content (AvgIpc) is 2.44. The molecule has 1 aromatic rings. The second-order valence-electron chi connectivity index (χ2n) is 4.33. The van der Waals surface area contributed by atoms with Crippen LogP contribution in [0.25, 0.3) is 0 Å². The lowest BCUT2D eigenvalue weighted by Crippen LogP contribution is -2.00. The Morgan fingerprint density at radius 1 is 0.850 bits per heavy atom. The molecule has 2 nitrogen and oxygen atoms in total. The van der Waals surface area contributed by atoms with Gasteiger partial charge >= 0.3 is 0 Å². The highest BCUT2D eigenvalue weighted by atomic mass is 16.5. The van der Waals surface area contributed by atoms with E-state index in [9.17, 15) is 0 Å². The van der Waals surface area contributed by atoms with E-state index in [0.29, 0.717) is 13.2 Å². The van der Waals surface area contributed by atoms with Crippen LogP contribution in [0.1, 0.15) is 11.1 Å². The molecule has 0 atom stereocenters. The minimum Gasteiger partial charge on any atom is -0.489 e. The molecule has 1 aromatic carbocycles. The summed E-state index contributed by atoms with van der Waals surface area (Å²) in [5.74, 6) is 1.76. The Kier molecular flexibility index (Phi) is 6.97. The van der Waals surface area contributed by atoms with Crippen molar-refractivity contribution < 1.29 is 9.47 Å². The molecule has 0 fully saturated rings. The summed E-state index contributed by atoms with van der Waals surface area (Å²) in [5, 5.41) is 0. The van der Waals surface area contributed by atoms with Gasteiger partial charge in [-0.05, 0) is 49.3 Å². The molecule has 0 unspecified atom stereocenters. The van der Waals surface area contributed by atoms with Gasteiger partial charge in [0, 0.05) is 0 Å². The Balaban J connectivity index is 2.69. The van der Waals surface area contributed by atoms with Crippen LogP contribution in [-0.4, -0.2) is 13.2 Å². The van der Waals surface area contributed by atoms with Crippen molar-refractivity contribution in [1.29, 1.82) is 0 Å². The van der Waals surface area contributed by atoms with E-state index >= 15 is 0 Å². The molecule has 0 N–H and O–H groups in total. The number of allylic oxidation sites excluding steroid dienone is 4. The quantitative estimate of drug-likeness (QED) is 0.645. The molecule has 0 aromatic heterocycles. The first-order chi connectivity index (χ1) is 9.69. The molecule has 0 radical (unpaired) electrons. The lowest BCUT2D eigenvalue weighted by molar-refractivity contribution is 0.348. The van der Waals surface area contributed by atoms with Gasteiger partial charge in [-0.25, -0.2) is 0 Å². The molecule has 0 heterocycles. The topological polar surface area (TPSA) is 18.5 Å². The maximum absolute atomic E-state index is 5.70. The standard InChI is InChI=1S/C18H22O2/c1-5-7-9-11-19-17-13-16(4)18(14-15(17)3)20-12-10-8-6-2/h5-10,13-14H,1-2,11-12H2,3-4H3. The van der Waals surface area contributed by atoms with E-state index in [1.54, 1.807) is 12.2 Å². The molecule has 0 aliphatic rings. The molecule has 0 bridgehead atoms. The van der Waals surface area contributed by atoms with E-state index in [1.165, 1.54) is 0 Å². The van der Waals surface area contributed by atoms with E-state index < -0.39 is 0 Å². The molecule has 0 saturated heterocycles. The minimum absolute atomic E-state index is 0.536. The molecule has 0 aliphatic heterocycles. The van der Waals surface area contributed by atoms with E-state index in [2.05, 4.69) is 13.2 Å². The van der Waals surface area contributed by atoms with Crippen LogP contribution in [0.3, 0.4) is 0 Å². The largest absolute Gasteiger partial charge is 0.489 e. The summed E-state index contributed by atoms with van der Waals surface area (Å²) in [6.45, 7) is 12.3. The van der Waals surface area contributed by atoms with Gasteiger partial charge in [-0.1, -0.05) is 37.5 Å². The molecule has 1 rings (SSSR count). The number of hydrogen-bond acceptors (Lipinski definition) is 2. The van der Waals surface area contributed by atoms with Crippen molar-refractivity contribution in [3.63, 3.8) is 0 Å². The third kappa shape index (κ3) is 5.19. The molecule has 0 spiro atoms. The monoisotopic (exact) mass is 270 g/mol. The summed E-state index contributed by atoms with van der Waals surface area (Å²) in [6, 6.07) is 4.01. The third-order valence-corrected chi connectivity index (χ3v) is 2.69. The lowest BCUT2D eigenvalue weighted by atomic mass is 10.1. The minimum atomic E-state index is 0.536. The van der Waals surface area contributed by atoms with Crippen LogP contribution in [0, 0.1) is 13.8 Å². The van der Waals surface area contributed by atoms with Crippen molar-refractivity contribution in [2.75, 3.05) is 13.2 Å². The van der Waals surface area contributed by atoms with Crippen molar-refractivity contribution in [1.82, 2.24) is 0 Å². The van der Waals surface area contributed by atoms with Crippen LogP contribution in [0.5, 0.6) is 11.5 Å². The summed E-state index contributed by atoms with van der Waals surface area (Å²) in [6.07, 6.45) is 11.0. The smallest absolute Gasteiger partial charge is 0.123 e. The molecule has 0 saturated carbocycles. The van der Waals surface area contributed by atoms with Crippen molar-refractivity contribution in [2.45, 2.75) is 13.8 Å². The summed E-state index contributed by atoms with van der Waals surface area (Å²) in [5.41, 5.74) is 2.12. The maximum atomic E-state index is 5.70. The van der Waals surface area contributed by atoms with Gasteiger partial charge in [-0.15, -0.1) is 0 Å². The summed E-state index contributed by atoms with van der Waals surface area (Å²) in [7, 11) is 0. The summed E-state index contributed by atoms with van der Waals surface area (Å²) >= 11 is 0. The number of aryl methyl sites for hydroxylation is 2. The SMILES string of the molecule is C=CC=CCOc1cc(C)c(OCC=CC=C)cc1C. The fourth-order valence-corrected chi connectivity index (χ4v) is 1.65. The number of rotatable bonds is 8. The van der Waals surface area contributed by atoms with Crippen molar-refractivity contribution in [2.24, 2.45) is 0 Å². The first-order valence-corrected chi connectivity index (χ1v) is 6.61.